The molecule has 0 atom stereocenters. The van der Waals surface area contributed by atoms with Crippen molar-refractivity contribution in [3.05, 3.63) is 0 Å². The lowest BCUT2D eigenvalue weighted by atomic mass is 9.91. The number of hydrogen-bond acceptors (Lipinski definition) is 4. The van der Waals surface area contributed by atoms with Crippen LogP contribution in [0.25, 0.3) is 0 Å². The Morgan fingerprint density at radius 2 is 1.68 bits per heavy atom. The van der Waals surface area contributed by atoms with E-state index in [0.717, 1.165) is 19.4 Å². The summed E-state index contributed by atoms with van der Waals surface area (Å²) in [6, 6.07) is 0. The Morgan fingerprint density at radius 1 is 1.12 bits per heavy atom. The van der Waals surface area contributed by atoms with E-state index in [0.29, 0.717) is 32.0 Å². The Hall–Kier alpha value is -1.30. The van der Waals surface area contributed by atoms with Gasteiger partial charge in [-0.15, -0.1) is 0 Å². The monoisotopic (exact) mass is 355 g/mol. The van der Waals surface area contributed by atoms with Crippen molar-refractivity contribution in [3.63, 3.8) is 0 Å². The zero-order chi connectivity index (χ0) is 19.3. The first-order chi connectivity index (χ1) is 11.4. The molecule has 1 fully saturated rings. The lowest BCUT2D eigenvalue weighted by molar-refractivity contribution is -0.122. The van der Waals surface area contributed by atoms with Crippen LogP contribution in [-0.2, 0) is 9.53 Å². The molecular weight excluding hydrogens is 318 g/mol. The molecule has 0 unspecified atom stereocenters. The lowest BCUT2D eigenvalue weighted by Crippen LogP contribution is -2.43. The molecule has 1 aliphatic heterocycles. The summed E-state index contributed by atoms with van der Waals surface area (Å²) in [4.78, 5) is 28.2. The standard InChI is InChI=1S/C19H37N3O3/c1-18(2,3)25-17(24)22-10-8-15(9-11-22)12-16(23)20-13-19(4,5)14-21(6)7/h15H,8-14H2,1-7H3,(H,20,23). The summed E-state index contributed by atoms with van der Waals surface area (Å²) >= 11 is 0. The summed E-state index contributed by atoms with van der Waals surface area (Å²) in [5, 5.41) is 3.07. The lowest BCUT2D eigenvalue weighted by Gasteiger charge is -2.33. The average molecular weight is 356 g/mol. The minimum Gasteiger partial charge on any atom is -0.444 e. The fraction of sp³-hybridized carbons (Fsp3) is 0.895. The summed E-state index contributed by atoms with van der Waals surface area (Å²) in [5.74, 6) is 0.457. The van der Waals surface area contributed by atoms with Crippen LogP contribution in [0.2, 0.25) is 0 Å². The molecule has 1 aliphatic rings. The topological polar surface area (TPSA) is 61.9 Å². The maximum atomic E-state index is 12.2. The van der Waals surface area contributed by atoms with Crippen molar-refractivity contribution in [3.8, 4) is 0 Å². The van der Waals surface area contributed by atoms with Crippen LogP contribution >= 0.6 is 0 Å². The molecule has 1 heterocycles. The van der Waals surface area contributed by atoms with E-state index in [4.69, 9.17) is 4.74 Å². The third-order valence-electron chi connectivity index (χ3n) is 4.25. The van der Waals surface area contributed by atoms with E-state index in [1.807, 2.05) is 34.9 Å². The molecule has 6 heteroatoms. The van der Waals surface area contributed by atoms with E-state index < -0.39 is 5.60 Å². The minimum absolute atomic E-state index is 0.0548. The highest BCUT2D eigenvalue weighted by molar-refractivity contribution is 5.76. The molecule has 0 bridgehead atoms. The van der Waals surface area contributed by atoms with Crippen molar-refractivity contribution in [2.24, 2.45) is 11.3 Å². The molecule has 0 aromatic heterocycles. The van der Waals surface area contributed by atoms with Gasteiger partial charge in [0.2, 0.25) is 5.91 Å². The fourth-order valence-corrected chi connectivity index (χ4v) is 3.23. The maximum Gasteiger partial charge on any atom is 0.410 e. The number of amides is 2. The molecule has 25 heavy (non-hydrogen) atoms. The largest absolute Gasteiger partial charge is 0.444 e. The van der Waals surface area contributed by atoms with Gasteiger partial charge in [-0.2, -0.15) is 0 Å². The summed E-state index contributed by atoms with van der Waals surface area (Å²) in [5.41, 5.74) is -0.410. The maximum absolute atomic E-state index is 12.2. The molecule has 0 saturated carbocycles. The van der Waals surface area contributed by atoms with Crippen LogP contribution in [0.5, 0.6) is 0 Å². The Bertz CT molecular complexity index is 447. The number of carbonyl (C=O) groups excluding carboxylic acids is 2. The Kier molecular flexibility index (Phi) is 7.72. The van der Waals surface area contributed by atoms with Gasteiger partial charge in [-0.25, -0.2) is 4.79 Å². The molecule has 0 aliphatic carbocycles. The van der Waals surface area contributed by atoms with Gasteiger partial charge >= 0.3 is 6.09 Å². The molecule has 0 aromatic carbocycles. The first-order valence-corrected chi connectivity index (χ1v) is 9.27. The smallest absolute Gasteiger partial charge is 0.410 e. The van der Waals surface area contributed by atoms with Crippen LogP contribution in [0.3, 0.4) is 0 Å². The van der Waals surface area contributed by atoms with Crippen molar-refractivity contribution in [2.45, 2.75) is 59.5 Å². The molecular formula is C19H37N3O3. The third kappa shape index (κ3) is 9.10. The molecule has 6 nitrogen and oxygen atoms in total. The molecule has 2 amide bonds. The number of likely N-dealkylation sites (tertiary alicyclic amines) is 1. The van der Waals surface area contributed by atoms with Crippen LogP contribution < -0.4 is 5.32 Å². The highest BCUT2D eigenvalue weighted by Gasteiger charge is 2.28. The van der Waals surface area contributed by atoms with Crippen molar-refractivity contribution in [1.82, 2.24) is 15.1 Å². The van der Waals surface area contributed by atoms with E-state index in [1.54, 1.807) is 4.90 Å². The number of ether oxygens (including phenoxy) is 1. The van der Waals surface area contributed by atoms with Crippen LogP contribution in [-0.4, -0.2) is 67.7 Å². The summed E-state index contributed by atoms with van der Waals surface area (Å²) in [7, 11) is 4.09. The molecule has 1 N–H and O–H groups in total. The Morgan fingerprint density at radius 3 is 2.16 bits per heavy atom. The minimum atomic E-state index is -0.465. The Labute approximate surface area is 153 Å². The predicted octanol–water partition coefficient (Wildman–Crippen LogP) is 2.73. The summed E-state index contributed by atoms with van der Waals surface area (Å²) in [6.07, 6.45) is 2.00. The number of rotatable bonds is 6. The van der Waals surface area contributed by atoms with Crippen LogP contribution in [0.4, 0.5) is 4.79 Å². The summed E-state index contributed by atoms with van der Waals surface area (Å²) < 4.78 is 5.40. The van der Waals surface area contributed by atoms with Crippen LogP contribution in [0, 0.1) is 11.3 Å². The second-order valence-corrected chi connectivity index (χ2v) is 9.29. The van der Waals surface area contributed by atoms with E-state index in [1.165, 1.54) is 0 Å². The second-order valence-electron chi connectivity index (χ2n) is 9.29. The molecule has 1 saturated heterocycles. The van der Waals surface area contributed by atoms with Crippen molar-refractivity contribution in [2.75, 3.05) is 40.3 Å². The van der Waals surface area contributed by atoms with Gasteiger partial charge in [-0.1, -0.05) is 13.8 Å². The molecule has 0 radical (unpaired) electrons. The number of hydrogen-bond donors (Lipinski definition) is 1. The van der Waals surface area contributed by atoms with Gasteiger partial charge in [-0.05, 0) is 59.0 Å². The molecule has 1 rings (SSSR count). The van der Waals surface area contributed by atoms with Gasteiger partial charge in [-0.3, -0.25) is 4.79 Å². The van der Waals surface area contributed by atoms with Crippen molar-refractivity contribution < 1.29 is 14.3 Å². The zero-order valence-corrected chi connectivity index (χ0v) is 17.1. The van der Waals surface area contributed by atoms with Gasteiger partial charge in [0.25, 0.3) is 0 Å². The van der Waals surface area contributed by atoms with Crippen molar-refractivity contribution >= 4 is 12.0 Å². The predicted molar refractivity (Wildman–Crippen MR) is 100 cm³/mol. The van der Waals surface area contributed by atoms with Gasteiger partial charge < -0.3 is 19.9 Å². The van der Waals surface area contributed by atoms with Crippen LogP contribution in [0.1, 0.15) is 53.9 Å². The molecule has 146 valence electrons. The quantitative estimate of drug-likeness (QED) is 0.796. The number of piperidine rings is 1. The van der Waals surface area contributed by atoms with Gasteiger partial charge in [0.15, 0.2) is 0 Å². The summed E-state index contributed by atoms with van der Waals surface area (Å²) in [6.45, 7) is 12.9. The van der Waals surface area contributed by atoms with E-state index in [2.05, 4.69) is 24.1 Å². The third-order valence-corrected chi connectivity index (χ3v) is 4.25. The molecule has 0 aromatic rings. The SMILES string of the molecule is CN(C)CC(C)(C)CNC(=O)CC1CCN(C(=O)OC(C)(C)C)CC1. The Balaban J connectivity index is 2.32. The number of nitrogens with zero attached hydrogens (tertiary/aromatic N) is 2. The highest BCUT2D eigenvalue weighted by Crippen LogP contribution is 2.22. The van der Waals surface area contributed by atoms with E-state index >= 15 is 0 Å². The van der Waals surface area contributed by atoms with Gasteiger partial charge in [0.05, 0.1) is 0 Å². The normalized spacial score (nSPS) is 16.9. The first kappa shape index (κ1) is 21.7. The van der Waals surface area contributed by atoms with Gasteiger partial charge in [0, 0.05) is 32.6 Å². The highest BCUT2D eigenvalue weighted by atomic mass is 16.6. The first-order valence-electron chi connectivity index (χ1n) is 9.27. The van der Waals surface area contributed by atoms with Crippen molar-refractivity contribution in [1.29, 1.82) is 0 Å². The van der Waals surface area contributed by atoms with Crippen LogP contribution in [0.15, 0.2) is 0 Å². The van der Waals surface area contributed by atoms with E-state index in [9.17, 15) is 9.59 Å². The number of nitrogens with one attached hydrogen (secondary N) is 1. The van der Waals surface area contributed by atoms with Gasteiger partial charge in [0.1, 0.15) is 5.60 Å². The number of carbonyl (C=O) groups is 2. The van der Waals surface area contributed by atoms with E-state index in [-0.39, 0.29) is 17.4 Å². The fourth-order valence-electron chi connectivity index (χ4n) is 3.23. The molecule has 0 spiro atoms. The zero-order valence-electron chi connectivity index (χ0n) is 17.1. The average Bonchev–Trinajstić information content (AvgIpc) is 2.43. The second kappa shape index (κ2) is 8.88.